The summed E-state index contributed by atoms with van der Waals surface area (Å²) in [5.74, 6) is -3.90. The summed E-state index contributed by atoms with van der Waals surface area (Å²) >= 11 is 0. The number of carboxylic acid groups (broad SMARTS) is 1. The van der Waals surface area contributed by atoms with E-state index in [1.165, 1.54) is 24.3 Å². The van der Waals surface area contributed by atoms with Gasteiger partial charge in [0.2, 0.25) is 0 Å². The van der Waals surface area contributed by atoms with Crippen LogP contribution >= 0.6 is 0 Å². The van der Waals surface area contributed by atoms with Crippen molar-refractivity contribution in [3.63, 3.8) is 0 Å². The molecule has 0 aliphatic heterocycles. The van der Waals surface area contributed by atoms with Crippen LogP contribution in [0.2, 0.25) is 0 Å². The van der Waals surface area contributed by atoms with E-state index in [0.29, 0.717) is 0 Å². The summed E-state index contributed by atoms with van der Waals surface area (Å²) in [4.78, 5) is 11.5. The van der Waals surface area contributed by atoms with Crippen LogP contribution in [0.1, 0.15) is 17.2 Å². The van der Waals surface area contributed by atoms with Gasteiger partial charge < -0.3 is 14.9 Å². The lowest BCUT2D eigenvalue weighted by Gasteiger charge is -2.21. The summed E-state index contributed by atoms with van der Waals surface area (Å²) in [5.41, 5.74) is 0.326. The smallest absolute Gasteiger partial charge is 0.461 e. The molecule has 0 saturated heterocycles. The molecule has 2 unspecified atom stereocenters. The Balaban J connectivity index is 2.20. The number of carboxylic acids is 1. The number of ether oxygens (including phenoxy) is 1. The van der Waals surface area contributed by atoms with Crippen molar-refractivity contribution in [2.24, 2.45) is 5.92 Å². The van der Waals surface area contributed by atoms with Crippen molar-refractivity contribution < 1.29 is 41.7 Å². The van der Waals surface area contributed by atoms with Gasteiger partial charge in [0.25, 0.3) is 0 Å². The Bertz CT molecular complexity index is 780. The number of aliphatic hydroxyl groups is 1. The quantitative estimate of drug-likeness (QED) is 0.668. The van der Waals surface area contributed by atoms with Gasteiger partial charge in [0.15, 0.2) is 0 Å². The molecule has 9 heteroatoms. The Kier molecular flexibility index (Phi) is 6.37. The maximum atomic E-state index is 13.0. The highest BCUT2D eigenvalue weighted by molar-refractivity contribution is 5.71. The third kappa shape index (κ3) is 5.40. The second-order valence-corrected chi connectivity index (χ2v) is 5.76. The van der Waals surface area contributed by atoms with Crippen molar-refractivity contribution in [2.75, 3.05) is 0 Å². The fourth-order valence-corrected chi connectivity index (χ4v) is 2.42. The SMILES string of the molecule is O=C(O)C(Cc1cccc(OC(F)(F)C(F)F)c1)C(O)c1ccc(F)cc1. The lowest BCUT2D eigenvalue weighted by atomic mass is 9.90. The molecule has 0 aliphatic carbocycles. The topological polar surface area (TPSA) is 66.8 Å². The van der Waals surface area contributed by atoms with E-state index in [2.05, 4.69) is 4.74 Å². The van der Waals surface area contributed by atoms with Gasteiger partial charge in [0.1, 0.15) is 11.6 Å². The summed E-state index contributed by atoms with van der Waals surface area (Å²) < 4.78 is 67.4. The summed E-state index contributed by atoms with van der Waals surface area (Å²) in [6.45, 7) is 0. The second-order valence-electron chi connectivity index (χ2n) is 5.76. The Morgan fingerprint density at radius 3 is 2.30 bits per heavy atom. The van der Waals surface area contributed by atoms with E-state index in [1.807, 2.05) is 0 Å². The van der Waals surface area contributed by atoms with E-state index in [0.717, 1.165) is 24.3 Å². The van der Waals surface area contributed by atoms with Gasteiger partial charge in [-0.3, -0.25) is 4.79 Å². The average Bonchev–Trinajstić information content (AvgIpc) is 2.59. The fourth-order valence-electron chi connectivity index (χ4n) is 2.42. The normalized spacial score (nSPS) is 14.0. The fraction of sp³-hybridized carbons (Fsp3) is 0.278. The van der Waals surface area contributed by atoms with Crippen molar-refractivity contribution in [2.45, 2.75) is 25.1 Å². The Labute approximate surface area is 150 Å². The van der Waals surface area contributed by atoms with Gasteiger partial charge in [0.05, 0.1) is 12.0 Å². The standard InChI is InChI=1S/C18H15F5O4/c19-12-6-4-11(5-7-12)15(24)14(16(25)26)9-10-2-1-3-13(8-10)27-18(22,23)17(20)21/h1-8,14-15,17,24H,9H2,(H,25,26). The predicted octanol–water partition coefficient (Wildman–Crippen LogP) is 4.04. The van der Waals surface area contributed by atoms with Crippen molar-refractivity contribution in [3.05, 3.63) is 65.5 Å². The summed E-state index contributed by atoms with van der Waals surface area (Å²) in [6, 6.07) is 9.17. The first kappa shape index (κ1) is 20.6. The van der Waals surface area contributed by atoms with Gasteiger partial charge in [-0.25, -0.2) is 4.39 Å². The minimum atomic E-state index is -4.70. The monoisotopic (exact) mass is 390 g/mol. The third-order valence-corrected chi connectivity index (χ3v) is 3.77. The summed E-state index contributed by atoms with van der Waals surface area (Å²) in [6.07, 6.45) is -10.5. The lowest BCUT2D eigenvalue weighted by Crippen LogP contribution is -2.33. The molecule has 0 saturated carbocycles. The van der Waals surface area contributed by atoms with Gasteiger partial charge in [0, 0.05) is 0 Å². The number of hydrogen-bond acceptors (Lipinski definition) is 3. The molecule has 0 aliphatic rings. The molecule has 0 radical (unpaired) electrons. The lowest BCUT2D eigenvalue weighted by molar-refractivity contribution is -0.253. The molecule has 0 amide bonds. The molecule has 2 N–H and O–H groups in total. The maximum absolute atomic E-state index is 13.0. The zero-order chi connectivity index (χ0) is 20.2. The van der Waals surface area contributed by atoms with E-state index >= 15 is 0 Å². The van der Waals surface area contributed by atoms with Crippen molar-refractivity contribution in [3.8, 4) is 5.75 Å². The van der Waals surface area contributed by atoms with Gasteiger partial charge in [-0.1, -0.05) is 24.3 Å². The maximum Gasteiger partial charge on any atom is 0.461 e. The van der Waals surface area contributed by atoms with Gasteiger partial charge in [-0.2, -0.15) is 17.6 Å². The van der Waals surface area contributed by atoms with Gasteiger partial charge in [-0.15, -0.1) is 0 Å². The van der Waals surface area contributed by atoms with Crippen LogP contribution in [-0.4, -0.2) is 28.7 Å². The van der Waals surface area contributed by atoms with Gasteiger partial charge in [-0.05, 0) is 41.8 Å². The molecule has 2 rings (SSSR count). The minimum absolute atomic E-state index is 0.153. The molecular formula is C18H15F5O4. The van der Waals surface area contributed by atoms with Crippen LogP contribution in [0.3, 0.4) is 0 Å². The van der Waals surface area contributed by atoms with Crippen LogP contribution in [0.15, 0.2) is 48.5 Å². The largest absolute Gasteiger partial charge is 0.481 e. The molecule has 0 bridgehead atoms. The molecule has 2 atom stereocenters. The van der Waals surface area contributed by atoms with E-state index in [-0.39, 0.29) is 17.5 Å². The van der Waals surface area contributed by atoms with Crippen LogP contribution in [0.4, 0.5) is 22.0 Å². The first-order valence-corrected chi connectivity index (χ1v) is 7.70. The first-order chi connectivity index (χ1) is 12.6. The molecular weight excluding hydrogens is 375 g/mol. The van der Waals surface area contributed by atoms with Crippen molar-refractivity contribution in [1.82, 2.24) is 0 Å². The van der Waals surface area contributed by atoms with Crippen molar-refractivity contribution in [1.29, 1.82) is 0 Å². The Hall–Kier alpha value is -2.68. The number of hydrogen-bond donors (Lipinski definition) is 2. The number of halogens is 5. The van der Waals surface area contributed by atoms with E-state index in [4.69, 9.17) is 0 Å². The summed E-state index contributed by atoms with van der Waals surface area (Å²) in [7, 11) is 0. The first-order valence-electron chi connectivity index (χ1n) is 7.70. The molecule has 2 aromatic rings. The van der Waals surface area contributed by atoms with Gasteiger partial charge >= 0.3 is 18.5 Å². The molecule has 27 heavy (non-hydrogen) atoms. The number of rotatable bonds is 8. The number of aliphatic hydroxyl groups excluding tert-OH is 1. The molecule has 0 heterocycles. The molecule has 0 aromatic heterocycles. The average molecular weight is 390 g/mol. The highest BCUT2D eigenvalue weighted by atomic mass is 19.3. The zero-order valence-electron chi connectivity index (χ0n) is 13.7. The molecule has 4 nitrogen and oxygen atoms in total. The van der Waals surface area contributed by atoms with Crippen LogP contribution < -0.4 is 4.74 Å². The van der Waals surface area contributed by atoms with Crippen molar-refractivity contribution >= 4 is 5.97 Å². The van der Waals surface area contributed by atoms with Crippen LogP contribution in [-0.2, 0) is 11.2 Å². The molecule has 0 spiro atoms. The Morgan fingerprint density at radius 1 is 1.11 bits per heavy atom. The summed E-state index contributed by atoms with van der Waals surface area (Å²) in [5, 5.41) is 19.6. The Morgan fingerprint density at radius 2 is 1.74 bits per heavy atom. The molecule has 0 fully saturated rings. The highest BCUT2D eigenvalue weighted by Crippen LogP contribution is 2.30. The van der Waals surface area contributed by atoms with E-state index < -0.39 is 42.1 Å². The van der Waals surface area contributed by atoms with Crippen LogP contribution in [0.5, 0.6) is 5.75 Å². The predicted molar refractivity (Wildman–Crippen MR) is 84.2 cm³/mol. The van der Waals surface area contributed by atoms with E-state index in [1.54, 1.807) is 0 Å². The van der Waals surface area contributed by atoms with Crippen LogP contribution in [0.25, 0.3) is 0 Å². The number of alkyl halides is 4. The number of carbonyl (C=O) groups is 1. The van der Waals surface area contributed by atoms with Crippen LogP contribution in [0, 0.1) is 11.7 Å². The number of aliphatic carboxylic acids is 1. The third-order valence-electron chi connectivity index (χ3n) is 3.77. The molecule has 146 valence electrons. The molecule has 2 aromatic carbocycles. The number of benzene rings is 2. The highest BCUT2D eigenvalue weighted by Gasteiger charge is 2.44. The second kappa shape index (κ2) is 8.34. The minimum Gasteiger partial charge on any atom is -0.481 e. The van der Waals surface area contributed by atoms with E-state index in [9.17, 15) is 37.0 Å². The zero-order valence-corrected chi connectivity index (χ0v) is 13.7.